The fraction of sp³-hybridized carbons (Fsp3) is 0.625. The van der Waals surface area contributed by atoms with E-state index >= 15 is 0 Å². The molecule has 1 aromatic rings. The number of rotatable bonds is 13. The van der Waals surface area contributed by atoms with E-state index in [0.29, 0.717) is 0 Å². The van der Waals surface area contributed by atoms with Gasteiger partial charge in [0.25, 0.3) is 0 Å². The molecule has 0 N–H and O–H groups in total. The maximum absolute atomic E-state index is 13.3. The molecule has 0 bridgehead atoms. The third-order valence-corrected chi connectivity index (χ3v) is 10.7. The summed E-state index contributed by atoms with van der Waals surface area (Å²) in [5.41, 5.74) is 0. The molecule has 144 valence electrons. The Kier molecular flexibility index (Phi) is 10.6. The normalized spacial score (nSPS) is 12.7. The van der Waals surface area contributed by atoms with Crippen LogP contribution in [0.2, 0.25) is 0 Å². The van der Waals surface area contributed by atoms with Crippen molar-refractivity contribution in [3.8, 4) is 0 Å². The lowest BCUT2D eigenvalue weighted by Gasteiger charge is -2.31. The van der Waals surface area contributed by atoms with Crippen LogP contribution in [-0.4, -0.2) is 37.6 Å². The topological polar surface area (TPSA) is 71.1 Å². The van der Waals surface area contributed by atoms with E-state index in [-0.39, 0.29) is 32.2 Å². The van der Waals surface area contributed by atoms with Crippen LogP contribution in [-0.2, 0) is 27.2 Å². The zero-order valence-corrected chi connectivity index (χ0v) is 17.9. The Balaban J connectivity index is 3.18. The monoisotopic (exact) mass is 410 g/mol. The van der Waals surface area contributed by atoms with Crippen molar-refractivity contribution in [3.63, 3.8) is 0 Å². The second-order valence-electron chi connectivity index (χ2n) is 4.86. The lowest BCUT2D eigenvalue weighted by atomic mass is 10.4. The highest BCUT2D eigenvalue weighted by Crippen LogP contribution is 2.71. The third-order valence-electron chi connectivity index (χ3n) is 3.11. The van der Waals surface area contributed by atoms with Crippen LogP contribution in [0.4, 0.5) is 0 Å². The van der Waals surface area contributed by atoms with Gasteiger partial charge in [-0.1, -0.05) is 18.2 Å². The van der Waals surface area contributed by atoms with E-state index in [1.165, 1.54) is 11.8 Å². The molecular weight excluding hydrogens is 382 g/mol. The molecule has 0 heterocycles. The Morgan fingerprint density at radius 2 is 1.20 bits per heavy atom. The minimum atomic E-state index is -3.68. The predicted octanol–water partition coefficient (Wildman–Crippen LogP) is 5.64. The van der Waals surface area contributed by atoms with Crippen LogP contribution in [0, 0.1) is 0 Å². The van der Waals surface area contributed by atoms with Crippen molar-refractivity contribution in [1.82, 2.24) is 0 Å². The van der Waals surface area contributed by atoms with E-state index in [1.54, 1.807) is 27.7 Å². The fourth-order valence-electron chi connectivity index (χ4n) is 2.18. The highest BCUT2D eigenvalue weighted by atomic mass is 32.2. The van der Waals surface area contributed by atoms with Crippen molar-refractivity contribution < 1.29 is 27.2 Å². The average molecular weight is 410 g/mol. The highest BCUT2D eigenvalue weighted by molar-refractivity contribution is 8.00. The molecule has 0 aliphatic heterocycles. The molecule has 0 saturated heterocycles. The van der Waals surface area contributed by atoms with Crippen LogP contribution in [0.15, 0.2) is 35.2 Å². The molecule has 0 fully saturated rings. The molecule has 0 aliphatic rings. The number of thioether (sulfide) groups is 1. The van der Waals surface area contributed by atoms with Crippen LogP contribution >= 0.6 is 27.0 Å². The van der Waals surface area contributed by atoms with Gasteiger partial charge in [0.1, 0.15) is 0 Å². The van der Waals surface area contributed by atoms with Crippen molar-refractivity contribution >= 4 is 27.0 Å². The van der Waals surface area contributed by atoms with E-state index in [9.17, 15) is 9.13 Å². The molecule has 0 atom stereocenters. The van der Waals surface area contributed by atoms with E-state index in [1.807, 2.05) is 30.3 Å². The average Bonchev–Trinajstić information content (AvgIpc) is 2.56. The van der Waals surface area contributed by atoms with Crippen molar-refractivity contribution in [3.05, 3.63) is 30.3 Å². The molecule has 0 aromatic heterocycles. The first-order valence-corrected chi connectivity index (χ1v) is 12.6. The summed E-state index contributed by atoms with van der Waals surface area (Å²) in [6.45, 7) is 7.62. The van der Waals surface area contributed by atoms with Crippen molar-refractivity contribution in [1.29, 1.82) is 0 Å². The summed E-state index contributed by atoms with van der Waals surface area (Å²) in [6, 6.07) is 9.60. The Hall–Kier alpha value is -0.130. The molecule has 6 nitrogen and oxygen atoms in total. The molecule has 1 rings (SSSR count). The Morgan fingerprint density at radius 1 is 0.800 bits per heavy atom. The molecule has 25 heavy (non-hydrogen) atoms. The van der Waals surface area contributed by atoms with Gasteiger partial charge in [-0.2, -0.15) is 0 Å². The van der Waals surface area contributed by atoms with E-state index in [0.717, 1.165) is 4.90 Å². The second-order valence-corrected chi connectivity index (χ2v) is 10.8. The van der Waals surface area contributed by atoms with Crippen LogP contribution in [0.25, 0.3) is 0 Å². The van der Waals surface area contributed by atoms with Crippen LogP contribution in [0.1, 0.15) is 27.7 Å². The highest BCUT2D eigenvalue weighted by Gasteiger charge is 2.50. The zero-order valence-electron chi connectivity index (χ0n) is 15.3. The van der Waals surface area contributed by atoms with Crippen molar-refractivity contribution in [2.45, 2.75) is 38.0 Å². The Labute approximate surface area is 155 Å². The molecule has 1 aromatic carbocycles. The van der Waals surface area contributed by atoms with Crippen molar-refractivity contribution in [2.24, 2.45) is 0 Å². The number of hydrogen-bond acceptors (Lipinski definition) is 7. The second kappa shape index (κ2) is 11.6. The van der Waals surface area contributed by atoms with E-state index < -0.39 is 20.6 Å². The first-order valence-electron chi connectivity index (χ1n) is 8.41. The summed E-state index contributed by atoms with van der Waals surface area (Å²) in [4.78, 5) is 0.964. The van der Waals surface area contributed by atoms with Gasteiger partial charge in [-0.3, -0.25) is 9.13 Å². The van der Waals surface area contributed by atoms with E-state index in [4.69, 9.17) is 18.1 Å². The summed E-state index contributed by atoms with van der Waals surface area (Å²) >= 11 is 1.42. The van der Waals surface area contributed by atoms with Gasteiger partial charge in [-0.15, -0.1) is 11.8 Å². The standard InChI is InChI=1S/C16H28O6P2S/c1-5-19-23(17,20-6-2)16(24(18,21-7-3)22-8-4)14-25-15-12-10-9-11-13-15/h9-13,16H,5-8,14H2,1-4H3. The van der Waals surface area contributed by atoms with Crippen LogP contribution in [0.5, 0.6) is 0 Å². The SMILES string of the molecule is CCOP(=O)(OCC)C(CSc1ccccc1)P(=O)(OCC)OCC. The summed E-state index contributed by atoms with van der Waals surface area (Å²) in [5.74, 6) is 0.235. The molecule has 9 heteroatoms. The third kappa shape index (κ3) is 6.84. The molecule has 0 aliphatic carbocycles. The minimum Gasteiger partial charge on any atom is -0.308 e. The zero-order chi connectivity index (χ0) is 18.8. The van der Waals surface area contributed by atoms with Crippen molar-refractivity contribution in [2.75, 3.05) is 32.2 Å². The Morgan fingerprint density at radius 3 is 1.56 bits per heavy atom. The molecule has 0 radical (unpaired) electrons. The van der Waals surface area contributed by atoms with Gasteiger partial charge < -0.3 is 18.1 Å². The molecule has 0 spiro atoms. The maximum atomic E-state index is 13.3. The molecule has 0 unspecified atom stereocenters. The molecule has 0 amide bonds. The van der Waals surface area contributed by atoms with Gasteiger partial charge in [-0.25, -0.2) is 0 Å². The predicted molar refractivity (Wildman–Crippen MR) is 103 cm³/mol. The smallest absolute Gasteiger partial charge is 0.308 e. The summed E-state index contributed by atoms with van der Waals surface area (Å²) in [6.07, 6.45) is 0. The van der Waals surface area contributed by atoms with E-state index in [2.05, 4.69) is 0 Å². The van der Waals surface area contributed by atoms with Gasteiger partial charge in [0, 0.05) is 10.6 Å². The summed E-state index contributed by atoms with van der Waals surface area (Å²) in [5, 5.41) is -0.995. The lowest BCUT2D eigenvalue weighted by Crippen LogP contribution is -2.20. The van der Waals surface area contributed by atoms with Crippen LogP contribution in [0.3, 0.4) is 0 Å². The fourth-order valence-corrected chi connectivity index (χ4v) is 9.24. The van der Waals surface area contributed by atoms with Gasteiger partial charge in [0.05, 0.1) is 26.4 Å². The largest absolute Gasteiger partial charge is 0.346 e. The summed E-state index contributed by atoms with van der Waals surface area (Å²) in [7, 11) is -7.36. The maximum Gasteiger partial charge on any atom is 0.346 e. The summed E-state index contributed by atoms with van der Waals surface area (Å²) < 4.78 is 48.5. The first kappa shape index (κ1) is 22.9. The lowest BCUT2D eigenvalue weighted by molar-refractivity contribution is 0.197. The quantitative estimate of drug-likeness (QED) is 0.308. The van der Waals surface area contributed by atoms with Crippen LogP contribution < -0.4 is 0 Å². The molecule has 0 saturated carbocycles. The van der Waals surface area contributed by atoms with Gasteiger partial charge in [-0.05, 0) is 39.8 Å². The van der Waals surface area contributed by atoms with Gasteiger partial charge in [0.15, 0.2) is 5.40 Å². The number of benzene rings is 1. The first-order chi connectivity index (χ1) is 12.0. The molecular formula is C16H28O6P2S. The van der Waals surface area contributed by atoms with Gasteiger partial charge in [0.2, 0.25) is 0 Å². The minimum absolute atomic E-state index is 0.183. The number of hydrogen-bond donors (Lipinski definition) is 0. The Bertz CT molecular complexity index is 533. The van der Waals surface area contributed by atoms with Gasteiger partial charge >= 0.3 is 15.2 Å².